The van der Waals surface area contributed by atoms with Gasteiger partial charge in [-0.15, -0.1) is 0 Å². The van der Waals surface area contributed by atoms with Crippen LogP contribution in [0.2, 0.25) is 0 Å². The molecule has 0 N–H and O–H groups in total. The van der Waals surface area contributed by atoms with Gasteiger partial charge in [-0.1, -0.05) is 0 Å². The topological polar surface area (TPSA) is 17.1 Å². The Morgan fingerprint density at radius 2 is 1.25 bits per heavy atom. The van der Waals surface area contributed by atoms with Crippen molar-refractivity contribution >= 4 is 0 Å². The predicted octanol–water partition coefficient (Wildman–Crippen LogP) is -0.126. The van der Waals surface area contributed by atoms with Crippen LogP contribution in [0.15, 0.2) is 0 Å². The molecule has 0 aliphatic rings. The van der Waals surface area contributed by atoms with Gasteiger partial charge in [-0.2, -0.15) is 0 Å². The van der Waals surface area contributed by atoms with Gasteiger partial charge in [0, 0.05) is 39.4 Å². The van der Waals surface area contributed by atoms with Crippen molar-refractivity contribution in [1.29, 1.82) is 0 Å². The van der Waals surface area contributed by atoms with Crippen molar-refractivity contribution in [2.24, 2.45) is 0 Å². The summed E-state index contributed by atoms with van der Waals surface area (Å²) in [6, 6.07) is 0. The van der Waals surface area contributed by atoms with E-state index in [2.05, 4.69) is 0 Å². The van der Waals surface area contributed by atoms with Crippen molar-refractivity contribution in [2.45, 2.75) is 0 Å². The van der Waals surface area contributed by atoms with E-state index >= 15 is 0 Å². The summed E-state index contributed by atoms with van der Waals surface area (Å²) in [6.45, 7) is 0. The molecule has 0 aliphatic heterocycles. The van der Waals surface area contributed by atoms with E-state index < -0.39 is 0 Å². The summed E-state index contributed by atoms with van der Waals surface area (Å²) in [6.07, 6.45) is 0. The molecule has 0 aromatic rings. The Morgan fingerprint density at radius 1 is 1.25 bits per heavy atom. The van der Waals surface area contributed by atoms with Crippen LogP contribution in [0.5, 0.6) is 0 Å². The minimum atomic E-state index is 0. The fourth-order valence-electron chi connectivity index (χ4n) is 0. The Bertz CT molecular complexity index is 8.00. The van der Waals surface area contributed by atoms with Crippen molar-refractivity contribution in [1.82, 2.24) is 0 Å². The molecule has 1 nitrogen and oxygen atoms in total. The molecule has 0 saturated heterocycles. The average Bonchev–Trinajstić information content (AvgIpc) is 1.00. The summed E-state index contributed by atoms with van der Waals surface area (Å²) in [5.74, 6) is 0. The standard InChI is InChI=1S/Ag.Cu.O.V. The van der Waals surface area contributed by atoms with Crippen LogP contribution < -0.4 is 0 Å². The summed E-state index contributed by atoms with van der Waals surface area (Å²) >= 11 is 1.06. The summed E-state index contributed by atoms with van der Waals surface area (Å²) in [5, 5.41) is 0. The van der Waals surface area contributed by atoms with E-state index in [0.29, 0.717) is 0 Å². The Morgan fingerprint density at radius 3 is 1.25 bits per heavy atom. The zero-order valence-electron chi connectivity index (χ0n) is 1.46. The Hall–Kier alpha value is 1.64. The van der Waals surface area contributed by atoms with Crippen molar-refractivity contribution < 1.29 is 60.5 Å². The third-order valence-corrected chi connectivity index (χ3v) is 0. The fourth-order valence-corrected chi connectivity index (χ4v) is 0. The number of hydrogen-bond donors (Lipinski definition) is 0. The SMILES string of the molecule is [Ag].[Cu].[O]=[V]. The summed E-state index contributed by atoms with van der Waals surface area (Å²) in [5.41, 5.74) is 0. The molecule has 0 spiro atoms. The fraction of sp³-hybridized carbons (Fsp3) is 0. The van der Waals surface area contributed by atoms with Crippen molar-refractivity contribution in [2.75, 3.05) is 0 Å². The molecule has 0 atom stereocenters. The maximum atomic E-state index is 8.19. The first-order valence-electron chi connectivity index (χ1n) is 0.183. The molecule has 33 valence electrons. The Labute approximate surface area is 60.1 Å². The van der Waals surface area contributed by atoms with Crippen LogP contribution in [0.25, 0.3) is 0 Å². The molecule has 4 heteroatoms. The molecule has 0 saturated carbocycles. The van der Waals surface area contributed by atoms with Gasteiger partial charge in [0.15, 0.2) is 0 Å². The first kappa shape index (κ1) is 17.4. The van der Waals surface area contributed by atoms with Crippen molar-refractivity contribution in [3.05, 3.63) is 0 Å². The van der Waals surface area contributed by atoms with E-state index in [1.807, 2.05) is 0 Å². The third-order valence-electron chi connectivity index (χ3n) is 0. The van der Waals surface area contributed by atoms with Gasteiger partial charge >= 0.3 is 21.0 Å². The van der Waals surface area contributed by atoms with E-state index in [1.54, 1.807) is 0 Å². The van der Waals surface area contributed by atoms with Gasteiger partial charge in [0.2, 0.25) is 0 Å². The van der Waals surface area contributed by atoms with Crippen molar-refractivity contribution in [3.8, 4) is 0 Å². The van der Waals surface area contributed by atoms with Crippen LogP contribution in [0, 0.1) is 0 Å². The van der Waals surface area contributed by atoms with Gasteiger partial charge < -0.3 is 0 Å². The second-order valence-corrected chi connectivity index (χ2v) is 0. The molecule has 0 unspecified atom stereocenters. The van der Waals surface area contributed by atoms with E-state index in [4.69, 9.17) is 3.67 Å². The van der Waals surface area contributed by atoms with E-state index in [-0.39, 0.29) is 39.4 Å². The second-order valence-electron chi connectivity index (χ2n) is 0. The summed E-state index contributed by atoms with van der Waals surface area (Å²) in [7, 11) is 0. The van der Waals surface area contributed by atoms with Gasteiger partial charge in [0.05, 0.1) is 0 Å². The first-order chi connectivity index (χ1) is 1.00. The maximum absolute atomic E-state index is 8.19. The van der Waals surface area contributed by atoms with Crippen LogP contribution >= 0.6 is 0 Å². The molecule has 0 amide bonds. The molecule has 4 heavy (non-hydrogen) atoms. The van der Waals surface area contributed by atoms with Crippen LogP contribution in [0.1, 0.15) is 0 Å². The van der Waals surface area contributed by atoms with Gasteiger partial charge in [0.1, 0.15) is 0 Å². The van der Waals surface area contributed by atoms with Crippen LogP contribution in [0.3, 0.4) is 0 Å². The molecular weight excluding hydrogens is 238 g/mol. The average molecular weight is 238 g/mol. The first-order valence-corrected chi connectivity index (χ1v) is 0.753. The molecule has 2 radical (unpaired) electrons. The molecular formula is AgCuOV. The molecule has 0 aliphatic carbocycles. The number of hydrogen-bond acceptors (Lipinski definition) is 1. The van der Waals surface area contributed by atoms with Crippen molar-refractivity contribution in [3.63, 3.8) is 0 Å². The third kappa shape index (κ3) is 9.43. The van der Waals surface area contributed by atoms with Crippen LogP contribution in [-0.2, 0) is 60.5 Å². The van der Waals surface area contributed by atoms with Gasteiger partial charge in [0.25, 0.3) is 0 Å². The van der Waals surface area contributed by atoms with Gasteiger partial charge in [-0.25, -0.2) is 0 Å². The summed E-state index contributed by atoms with van der Waals surface area (Å²) in [4.78, 5) is 0. The normalized spacial score (nSPS) is 0.750. The quantitative estimate of drug-likeness (QED) is 0.538. The van der Waals surface area contributed by atoms with E-state index in [0.717, 1.165) is 17.4 Å². The van der Waals surface area contributed by atoms with E-state index in [1.165, 1.54) is 0 Å². The molecule has 0 aromatic heterocycles. The molecule has 0 fully saturated rings. The van der Waals surface area contributed by atoms with Crippen LogP contribution in [-0.4, -0.2) is 0 Å². The monoisotopic (exact) mass is 237 g/mol. The predicted molar refractivity (Wildman–Crippen MR) is 0.686 cm³/mol. The van der Waals surface area contributed by atoms with E-state index in [9.17, 15) is 0 Å². The molecule has 0 bridgehead atoms. The minimum absolute atomic E-state index is 0. The Kier molecular flexibility index (Phi) is 99.3. The second kappa shape index (κ2) is 22.8. The van der Waals surface area contributed by atoms with Crippen LogP contribution in [0.4, 0.5) is 0 Å². The summed E-state index contributed by atoms with van der Waals surface area (Å²) < 4.78 is 8.19. The molecule has 0 heterocycles. The Balaban J connectivity index is -0.00000000500. The number of rotatable bonds is 0. The molecule has 0 aromatic carbocycles. The zero-order valence-corrected chi connectivity index (χ0v) is 5.28. The zero-order chi connectivity index (χ0) is 2.00. The molecule has 0 rings (SSSR count). The van der Waals surface area contributed by atoms with Gasteiger partial charge in [-0.05, 0) is 0 Å². The van der Waals surface area contributed by atoms with Gasteiger partial charge in [-0.3, -0.25) is 0 Å².